The molecule has 24 heavy (non-hydrogen) atoms. The summed E-state index contributed by atoms with van der Waals surface area (Å²) >= 11 is 0. The molecule has 7 nitrogen and oxygen atoms in total. The minimum absolute atomic E-state index is 0.0312. The third kappa shape index (κ3) is 3.34. The van der Waals surface area contributed by atoms with Crippen molar-refractivity contribution in [3.8, 4) is 0 Å². The normalized spacial score (nSPS) is 23.5. The van der Waals surface area contributed by atoms with Crippen LogP contribution >= 0.6 is 0 Å². The number of aromatic nitrogens is 2. The smallest absolute Gasteiger partial charge is 0.356 e. The van der Waals surface area contributed by atoms with E-state index in [0.717, 1.165) is 25.5 Å². The summed E-state index contributed by atoms with van der Waals surface area (Å²) in [4.78, 5) is 42.1. The average molecular weight is 333 g/mol. The van der Waals surface area contributed by atoms with Crippen molar-refractivity contribution in [3.63, 3.8) is 0 Å². The molecule has 0 radical (unpaired) electrons. The summed E-state index contributed by atoms with van der Waals surface area (Å²) in [7, 11) is 1.23. The maximum Gasteiger partial charge on any atom is 0.356 e. The Morgan fingerprint density at radius 1 is 1.25 bits per heavy atom. The highest BCUT2D eigenvalue weighted by Crippen LogP contribution is 2.35. The van der Waals surface area contributed by atoms with Crippen LogP contribution in [0.2, 0.25) is 0 Å². The van der Waals surface area contributed by atoms with Gasteiger partial charge < -0.3 is 9.64 Å². The third-order valence-electron chi connectivity index (χ3n) is 5.14. The zero-order chi connectivity index (χ0) is 17.1. The number of nitrogens with zero attached hydrogens (tertiary/aromatic N) is 3. The van der Waals surface area contributed by atoms with E-state index in [2.05, 4.69) is 9.72 Å². The summed E-state index contributed by atoms with van der Waals surface area (Å²) < 4.78 is 5.79. The molecule has 1 amide bonds. The zero-order valence-corrected chi connectivity index (χ0v) is 13.9. The Balaban J connectivity index is 1.72. The summed E-state index contributed by atoms with van der Waals surface area (Å²) in [5.74, 6) is -0.0963. The number of rotatable bonds is 3. The van der Waals surface area contributed by atoms with Gasteiger partial charge in [-0.2, -0.15) is 0 Å². The second kappa shape index (κ2) is 7.15. The lowest BCUT2D eigenvalue weighted by Gasteiger charge is -2.44. The van der Waals surface area contributed by atoms with Crippen LogP contribution in [-0.4, -0.2) is 46.0 Å². The monoisotopic (exact) mass is 333 g/mol. The molecular weight excluding hydrogens is 310 g/mol. The van der Waals surface area contributed by atoms with E-state index in [1.165, 1.54) is 43.7 Å². The molecule has 2 heterocycles. The first-order valence-corrected chi connectivity index (χ1v) is 8.54. The molecule has 130 valence electrons. The fraction of sp³-hybridized carbons (Fsp3) is 0.647. The molecule has 0 unspecified atom stereocenters. The Labute approximate surface area is 140 Å². The van der Waals surface area contributed by atoms with E-state index in [9.17, 15) is 14.4 Å². The van der Waals surface area contributed by atoms with E-state index in [1.54, 1.807) is 0 Å². The van der Waals surface area contributed by atoms with Crippen LogP contribution in [0.4, 0.5) is 0 Å². The Morgan fingerprint density at radius 3 is 2.75 bits per heavy atom. The molecule has 7 heteroatoms. The predicted octanol–water partition coefficient (Wildman–Crippen LogP) is 1.21. The first-order valence-electron chi connectivity index (χ1n) is 8.54. The summed E-state index contributed by atoms with van der Waals surface area (Å²) in [5.41, 5.74) is -0.465. The van der Waals surface area contributed by atoms with Crippen molar-refractivity contribution in [1.29, 1.82) is 0 Å². The van der Waals surface area contributed by atoms with E-state index < -0.39 is 11.5 Å². The van der Waals surface area contributed by atoms with Gasteiger partial charge in [-0.25, -0.2) is 9.78 Å². The second-order valence-corrected chi connectivity index (χ2v) is 6.57. The molecule has 3 rings (SSSR count). The van der Waals surface area contributed by atoms with Crippen molar-refractivity contribution in [2.45, 2.75) is 51.1 Å². The molecule has 2 fully saturated rings. The highest BCUT2D eigenvalue weighted by Gasteiger charge is 2.35. The largest absolute Gasteiger partial charge is 0.464 e. The van der Waals surface area contributed by atoms with Crippen LogP contribution in [0.5, 0.6) is 0 Å². The van der Waals surface area contributed by atoms with Crippen molar-refractivity contribution >= 4 is 11.9 Å². The summed E-state index contributed by atoms with van der Waals surface area (Å²) in [6.45, 7) is 0.735. The zero-order valence-electron chi connectivity index (χ0n) is 13.9. The number of methoxy groups -OCH3 is 1. The lowest BCUT2D eigenvalue weighted by atomic mass is 9.78. The standard InChI is InChI=1S/C17H23N3O4/c1-24-17(23)13-9-15(21)19(11-18-13)10-16(22)20-8-4-6-12-5-2-3-7-14(12)20/h9,11-12,14H,2-8,10H2,1H3/t12-,14+/m1/s1. The van der Waals surface area contributed by atoms with E-state index >= 15 is 0 Å². The molecule has 0 spiro atoms. The van der Waals surface area contributed by atoms with Crippen LogP contribution in [0, 0.1) is 5.92 Å². The minimum atomic E-state index is -0.661. The van der Waals surface area contributed by atoms with Gasteiger partial charge in [-0.1, -0.05) is 12.8 Å². The number of fused-ring (bicyclic) bond motifs is 1. The summed E-state index contributed by atoms with van der Waals surface area (Å²) in [5, 5.41) is 0. The van der Waals surface area contributed by atoms with Crippen LogP contribution in [0.25, 0.3) is 0 Å². The first-order chi connectivity index (χ1) is 11.6. The van der Waals surface area contributed by atoms with Gasteiger partial charge in [0.2, 0.25) is 5.91 Å². The average Bonchev–Trinajstić information content (AvgIpc) is 2.62. The Bertz CT molecular complexity index is 683. The van der Waals surface area contributed by atoms with Crippen molar-refractivity contribution in [2.75, 3.05) is 13.7 Å². The summed E-state index contributed by atoms with van der Waals surface area (Å²) in [6.07, 6.45) is 8.15. The van der Waals surface area contributed by atoms with Crippen LogP contribution in [-0.2, 0) is 16.1 Å². The number of carbonyl (C=O) groups is 2. The summed E-state index contributed by atoms with van der Waals surface area (Å²) in [6, 6.07) is 1.43. The molecule has 1 aliphatic heterocycles. The van der Waals surface area contributed by atoms with Gasteiger partial charge in [-0.15, -0.1) is 0 Å². The number of carbonyl (C=O) groups excluding carboxylic acids is 2. The second-order valence-electron chi connectivity index (χ2n) is 6.57. The van der Waals surface area contributed by atoms with Crippen LogP contribution in [0.1, 0.15) is 49.0 Å². The van der Waals surface area contributed by atoms with Gasteiger partial charge in [0.1, 0.15) is 6.54 Å². The van der Waals surface area contributed by atoms with E-state index in [0.29, 0.717) is 12.0 Å². The van der Waals surface area contributed by atoms with Crippen molar-refractivity contribution in [2.24, 2.45) is 5.92 Å². The SMILES string of the molecule is COC(=O)c1cc(=O)n(CC(=O)N2CCC[C@H]3CCCC[C@@H]32)cn1. The quantitative estimate of drug-likeness (QED) is 0.777. The first kappa shape index (κ1) is 16.7. The maximum atomic E-state index is 12.7. The molecule has 1 saturated heterocycles. The van der Waals surface area contributed by atoms with Crippen LogP contribution in [0.3, 0.4) is 0 Å². The number of esters is 1. The van der Waals surface area contributed by atoms with E-state index in [1.807, 2.05) is 4.90 Å². The molecule has 1 saturated carbocycles. The van der Waals surface area contributed by atoms with Crippen molar-refractivity contribution in [1.82, 2.24) is 14.5 Å². The topological polar surface area (TPSA) is 81.5 Å². The number of ether oxygens (including phenoxy) is 1. The number of likely N-dealkylation sites (tertiary alicyclic amines) is 1. The van der Waals surface area contributed by atoms with E-state index in [-0.39, 0.29) is 18.1 Å². The Hall–Kier alpha value is -2.18. The fourth-order valence-electron chi connectivity index (χ4n) is 3.93. The van der Waals surface area contributed by atoms with Gasteiger partial charge in [0.05, 0.1) is 13.4 Å². The Kier molecular flexibility index (Phi) is 4.97. The van der Waals surface area contributed by atoms with Gasteiger partial charge in [-0.3, -0.25) is 14.2 Å². The Morgan fingerprint density at radius 2 is 2.00 bits per heavy atom. The molecule has 1 aromatic rings. The van der Waals surface area contributed by atoms with Gasteiger partial charge in [-0.05, 0) is 31.6 Å². The molecule has 1 aromatic heterocycles. The van der Waals surface area contributed by atoms with Gasteiger partial charge in [0.25, 0.3) is 5.56 Å². The lowest BCUT2D eigenvalue weighted by Crippen LogP contribution is -2.51. The predicted molar refractivity (Wildman–Crippen MR) is 86.5 cm³/mol. The highest BCUT2D eigenvalue weighted by atomic mass is 16.5. The third-order valence-corrected chi connectivity index (χ3v) is 5.14. The molecular formula is C17H23N3O4. The van der Waals surface area contributed by atoms with Gasteiger partial charge >= 0.3 is 5.97 Å². The lowest BCUT2D eigenvalue weighted by molar-refractivity contribution is -0.138. The highest BCUT2D eigenvalue weighted by molar-refractivity contribution is 5.86. The van der Waals surface area contributed by atoms with Crippen molar-refractivity contribution in [3.05, 3.63) is 28.4 Å². The van der Waals surface area contributed by atoms with Crippen molar-refractivity contribution < 1.29 is 14.3 Å². The number of amides is 1. The minimum Gasteiger partial charge on any atom is -0.464 e. The number of hydrogen-bond acceptors (Lipinski definition) is 5. The van der Waals surface area contributed by atoms with Crippen LogP contribution in [0.15, 0.2) is 17.2 Å². The number of hydrogen-bond donors (Lipinski definition) is 0. The maximum absolute atomic E-state index is 12.7. The molecule has 0 N–H and O–H groups in total. The molecule has 2 atom stereocenters. The number of piperidine rings is 1. The fourth-order valence-corrected chi connectivity index (χ4v) is 3.93. The van der Waals surface area contributed by atoms with Gasteiger partial charge in [0, 0.05) is 18.7 Å². The van der Waals surface area contributed by atoms with E-state index in [4.69, 9.17) is 0 Å². The van der Waals surface area contributed by atoms with Gasteiger partial charge in [0.15, 0.2) is 5.69 Å². The molecule has 2 aliphatic rings. The van der Waals surface area contributed by atoms with Crippen LogP contribution < -0.4 is 5.56 Å². The molecule has 0 bridgehead atoms. The molecule has 0 aromatic carbocycles. The molecule has 1 aliphatic carbocycles.